The molecule has 4 rings (SSSR count). The van der Waals surface area contributed by atoms with Gasteiger partial charge >= 0.3 is 0 Å². The molecule has 1 aromatic heterocycles. The van der Waals surface area contributed by atoms with Crippen molar-refractivity contribution in [1.29, 1.82) is 5.26 Å². The SMILES string of the molecule is CCc1ccc(C(=O)N2CCC(c3ccc(C#N)cc3)CC2)cc1-c1nc(COC)[nH]c1C. The number of aryl methyl sites for hydroxylation is 2. The molecular formula is C27H30N4O2. The summed E-state index contributed by atoms with van der Waals surface area (Å²) in [6.45, 7) is 6.01. The minimum Gasteiger partial charge on any atom is -0.377 e. The van der Waals surface area contributed by atoms with Gasteiger partial charge in [0.2, 0.25) is 0 Å². The van der Waals surface area contributed by atoms with E-state index in [1.807, 2.05) is 48.2 Å². The third kappa shape index (κ3) is 4.84. The van der Waals surface area contributed by atoms with Crippen LogP contribution in [0.4, 0.5) is 0 Å². The lowest BCUT2D eigenvalue weighted by Crippen LogP contribution is -2.38. The van der Waals surface area contributed by atoms with Gasteiger partial charge in [0.25, 0.3) is 5.91 Å². The molecule has 0 radical (unpaired) electrons. The van der Waals surface area contributed by atoms with E-state index in [0.717, 1.165) is 55.1 Å². The second kappa shape index (κ2) is 10.0. The van der Waals surface area contributed by atoms with Crippen LogP contribution in [0, 0.1) is 18.3 Å². The summed E-state index contributed by atoms with van der Waals surface area (Å²) in [5.41, 5.74) is 6.67. The number of benzene rings is 2. The van der Waals surface area contributed by atoms with Crippen molar-refractivity contribution in [2.75, 3.05) is 20.2 Å². The summed E-state index contributed by atoms with van der Waals surface area (Å²) in [6.07, 6.45) is 2.72. The minimum absolute atomic E-state index is 0.0717. The van der Waals surface area contributed by atoms with Crippen LogP contribution >= 0.6 is 0 Å². The number of methoxy groups -OCH3 is 1. The van der Waals surface area contributed by atoms with Crippen molar-refractivity contribution in [1.82, 2.24) is 14.9 Å². The van der Waals surface area contributed by atoms with Crippen LogP contribution in [0.25, 0.3) is 11.3 Å². The number of nitrogens with one attached hydrogen (secondary N) is 1. The number of nitriles is 1. The Labute approximate surface area is 195 Å². The first-order valence-electron chi connectivity index (χ1n) is 11.5. The number of aromatic nitrogens is 2. The van der Waals surface area contributed by atoms with Crippen molar-refractivity contribution in [3.8, 4) is 17.3 Å². The first-order chi connectivity index (χ1) is 16.0. The van der Waals surface area contributed by atoms with Crippen molar-refractivity contribution in [3.63, 3.8) is 0 Å². The van der Waals surface area contributed by atoms with Gasteiger partial charge < -0.3 is 14.6 Å². The Morgan fingerprint density at radius 3 is 2.58 bits per heavy atom. The molecule has 1 aliphatic heterocycles. The van der Waals surface area contributed by atoms with Gasteiger partial charge in [-0.1, -0.05) is 25.1 Å². The molecule has 0 bridgehead atoms. The van der Waals surface area contributed by atoms with Crippen LogP contribution in [-0.2, 0) is 17.8 Å². The predicted octanol–water partition coefficient (Wildman–Crippen LogP) is 4.99. The second-order valence-corrected chi connectivity index (χ2v) is 8.62. The van der Waals surface area contributed by atoms with Gasteiger partial charge in [0.1, 0.15) is 12.4 Å². The van der Waals surface area contributed by atoms with Gasteiger partial charge in [0.15, 0.2) is 0 Å². The lowest BCUT2D eigenvalue weighted by atomic mass is 9.88. The molecule has 3 aromatic rings. The predicted molar refractivity (Wildman–Crippen MR) is 128 cm³/mol. The van der Waals surface area contributed by atoms with E-state index in [4.69, 9.17) is 15.0 Å². The zero-order chi connectivity index (χ0) is 23.4. The van der Waals surface area contributed by atoms with Crippen LogP contribution in [0.3, 0.4) is 0 Å². The van der Waals surface area contributed by atoms with Crippen molar-refractivity contribution in [2.24, 2.45) is 0 Å². The minimum atomic E-state index is 0.0717. The quantitative estimate of drug-likeness (QED) is 0.583. The molecular weight excluding hydrogens is 412 g/mol. The molecule has 2 heterocycles. The van der Waals surface area contributed by atoms with Crippen LogP contribution < -0.4 is 0 Å². The zero-order valence-corrected chi connectivity index (χ0v) is 19.5. The smallest absolute Gasteiger partial charge is 0.253 e. The summed E-state index contributed by atoms with van der Waals surface area (Å²) in [5.74, 6) is 1.28. The van der Waals surface area contributed by atoms with Gasteiger partial charge in [-0.3, -0.25) is 4.79 Å². The molecule has 0 spiro atoms. The van der Waals surface area contributed by atoms with Gasteiger partial charge in [-0.05, 0) is 67.5 Å². The fourth-order valence-electron chi connectivity index (χ4n) is 4.66. The van der Waals surface area contributed by atoms with E-state index in [-0.39, 0.29) is 5.91 Å². The van der Waals surface area contributed by atoms with Gasteiger partial charge in [0, 0.05) is 37.0 Å². The number of hydrogen-bond donors (Lipinski definition) is 1. The monoisotopic (exact) mass is 442 g/mol. The van der Waals surface area contributed by atoms with E-state index < -0.39 is 0 Å². The number of hydrogen-bond acceptors (Lipinski definition) is 4. The van der Waals surface area contributed by atoms with Gasteiger partial charge in [-0.2, -0.15) is 5.26 Å². The molecule has 0 atom stereocenters. The summed E-state index contributed by atoms with van der Waals surface area (Å²) < 4.78 is 5.21. The van der Waals surface area contributed by atoms with Crippen LogP contribution in [-0.4, -0.2) is 41.0 Å². The molecule has 2 aromatic carbocycles. The molecule has 1 fully saturated rings. The first kappa shape index (κ1) is 22.8. The van der Waals surface area contributed by atoms with Gasteiger partial charge in [-0.25, -0.2) is 4.98 Å². The number of aromatic amines is 1. The van der Waals surface area contributed by atoms with Crippen LogP contribution in [0.2, 0.25) is 0 Å². The van der Waals surface area contributed by atoms with E-state index >= 15 is 0 Å². The third-order valence-corrected chi connectivity index (χ3v) is 6.50. The van der Waals surface area contributed by atoms with Crippen molar-refractivity contribution < 1.29 is 9.53 Å². The lowest BCUT2D eigenvalue weighted by molar-refractivity contribution is 0.0713. The highest BCUT2D eigenvalue weighted by Gasteiger charge is 2.25. The average molecular weight is 443 g/mol. The Morgan fingerprint density at radius 2 is 1.94 bits per heavy atom. The Hall–Kier alpha value is -3.43. The molecule has 1 N–H and O–H groups in total. The molecule has 33 heavy (non-hydrogen) atoms. The van der Waals surface area contributed by atoms with Crippen molar-refractivity contribution in [2.45, 2.75) is 45.6 Å². The van der Waals surface area contributed by atoms with Crippen molar-refractivity contribution >= 4 is 5.91 Å². The number of carbonyl (C=O) groups is 1. The molecule has 6 heteroatoms. The average Bonchev–Trinajstić information content (AvgIpc) is 3.23. The summed E-state index contributed by atoms with van der Waals surface area (Å²) >= 11 is 0. The highest BCUT2D eigenvalue weighted by atomic mass is 16.5. The van der Waals surface area contributed by atoms with E-state index in [9.17, 15) is 4.79 Å². The second-order valence-electron chi connectivity index (χ2n) is 8.62. The maximum atomic E-state index is 13.3. The zero-order valence-electron chi connectivity index (χ0n) is 19.5. The van der Waals surface area contributed by atoms with Crippen LogP contribution in [0.1, 0.15) is 64.2 Å². The number of carbonyl (C=O) groups excluding carboxylic acids is 1. The van der Waals surface area contributed by atoms with Crippen LogP contribution in [0.15, 0.2) is 42.5 Å². The molecule has 1 amide bonds. The Morgan fingerprint density at radius 1 is 1.21 bits per heavy atom. The Bertz CT molecular complexity index is 1170. The van der Waals surface area contributed by atoms with E-state index in [0.29, 0.717) is 23.7 Å². The molecule has 0 unspecified atom stereocenters. The fourth-order valence-corrected chi connectivity index (χ4v) is 4.66. The number of ether oxygens (including phenoxy) is 1. The number of amides is 1. The number of rotatable bonds is 6. The third-order valence-electron chi connectivity index (χ3n) is 6.50. The maximum Gasteiger partial charge on any atom is 0.253 e. The highest BCUT2D eigenvalue weighted by Crippen LogP contribution is 2.31. The largest absolute Gasteiger partial charge is 0.377 e. The Balaban J connectivity index is 1.51. The standard InChI is InChI=1S/C27H30N4O2/c1-4-20-9-10-23(15-24(20)26-18(2)29-25(30-26)17-33-3)27(32)31-13-11-22(12-14-31)21-7-5-19(16-28)6-8-21/h5-10,15,22H,4,11-14,17H2,1-3H3,(H,29,30). The highest BCUT2D eigenvalue weighted by molar-refractivity contribution is 5.96. The number of nitrogens with zero attached hydrogens (tertiary/aromatic N) is 3. The van der Waals surface area contributed by atoms with Gasteiger partial charge in [0.05, 0.1) is 17.3 Å². The van der Waals surface area contributed by atoms with Crippen LogP contribution in [0.5, 0.6) is 0 Å². The van der Waals surface area contributed by atoms with E-state index in [1.165, 1.54) is 11.1 Å². The maximum absolute atomic E-state index is 13.3. The molecule has 170 valence electrons. The lowest BCUT2D eigenvalue weighted by Gasteiger charge is -2.32. The Kier molecular flexibility index (Phi) is 6.90. The molecule has 0 aliphatic carbocycles. The molecule has 1 saturated heterocycles. The fraction of sp³-hybridized carbons (Fsp3) is 0.370. The van der Waals surface area contributed by atoms with Gasteiger partial charge in [-0.15, -0.1) is 0 Å². The molecule has 1 aliphatic rings. The van der Waals surface area contributed by atoms with E-state index in [1.54, 1.807) is 7.11 Å². The van der Waals surface area contributed by atoms with Crippen molar-refractivity contribution in [3.05, 3.63) is 76.2 Å². The summed E-state index contributed by atoms with van der Waals surface area (Å²) in [6, 6.07) is 16.0. The normalized spacial score (nSPS) is 14.3. The number of piperidine rings is 1. The van der Waals surface area contributed by atoms with E-state index in [2.05, 4.69) is 24.0 Å². The summed E-state index contributed by atoms with van der Waals surface area (Å²) in [5, 5.41) is 9.00. The first-order valence-corrected chi connectivity index (χ1v) is 11.5. The summed E-state index contributed by atoms with van der Waals surface area (Å²) in [4.78, 5) is 23.3. The molecule has 0 saturated carbocycles. The number of likely N-dealkylation sites (tertiary alicyclic amines) is 1. The molecule has 6 nitrogen and oxygen atoms in total. The topological polar surface area (TPSA) is 82.0 Å². The summed E-state index contributed by atoms with van der Waals surface area (Å²) in [7, 11) is 1.65. The number of H-pyrrole nitrogens is 1. The number of imidazole rings is 1.